The molecule has 4 rings (SSSR count). The average molecular weight is 368 g/mol. The fourth-order valence-electron chi connectivity index (χ4n) is 3.07. The van der Waals surface area contributed by atoms with Crippen molar-refractivity contribution in [1.29, 1.82) is 0 Å². The van der Waals surface area contributed by atoms with Crippen LogP contribution in [0.4, 0.5) is 5.13 Å². The van der Waals surface area contributed by atoms with Gasteiger partial charge in [0.1, 0.15) is 10.8 Å². The average Bonchev–Trinajstić information content (AvgIpc) is 3.32. The van der Waals surface area contributed by atoms with Crippen molar-refractivity contribution in [2.45, 2.75) is 32.6 Å². The van der Waals surface area contributed by atoms with Crippen molar-refractivity contribution in [3.63, 3.8) is 0 Å². The van der Waals surface area contributed by atoms with Gasteiger partial charge in [-0.15, -0.1) is 10.2 Å². The highest BCUT2D eigenvalue weighted by atomic mass is 32.1. The lowest BCUT2D eigenvalue weighted by molar-refractivity contribution is 0.102. The Morgan fingerprint density at radius 1 is 1.23 bits per heavy atom. The zero-order valence-corrected chi connectivity index (χ0v) is 15.8. The van der Waals surface area contributed by atoms with Crippen LogP contribution in [0.25, 0.3) is 5.69 Å². The predicted molar refractivity (Wildman–Crippen MR) is 102 cm³/mol. The standard InChI is InChI=1S/C19H20N4O2S/c1-11-10-16(12(2)23(11)14-6-8-15(25-3)9-7-14)17(24)20-19-22-21-18(26-19)13-4-5-13/h6-10,13H,4-5H2,1-3H3,(H,20,22,24). The highest BCUT2D eigenvalue weighted by molar-refractivity contribution is 7.15. The molecule has 6 nitrogen and oxygen atoms in total. The molecule has 2 aromatic heterocycles. The second-order valence-corrected chi connectivity index (χ2v) is 7.50. The molecule has 2 heterocycles. The molecule has 7 heteroatoms. The Bertz CT molecular complexity index is 955. The lowest BCUT2D eigenvalue weighted by Crippen LogP contribution is -2.13. The number of hydrogen-bond acceptors (Lipinski definition) is 5. The van der Waals surface area contributed by atoms with Crippen LogP contribution < -0.4 is 10.1 Å². The summed E-state index contributed by atoms with van der Waals surface area (Å²) in [6, 6.07) is 9.68. The van der Waals surface area contributed by atoms with Crippen LogP contribution in [-0.2, 0) is 0 Å². The zero-order chi connectivity index (χ0) is 18.3. The predicted octanol–water partition coefficient (Wildman–Crippen LogP) is 4.08. The monoisotopic (exact) mass is 368 g/mol. The van der Waals surface area contributed by atoms with Crippen LogP contribution in [0.5, 0.6) is 5.75 Å². The highest BCUT2D eigenvalue weighted by Crippen LogP contribution is 2.42. The number of nitrogens with zero attached hydrogens (tertiary/aromatic N) is 3. The van der Waals surface area contributed by atoms with E-state index < -0.39 is 0 Å². The third kappa shape index (κ3) is 3.10. The minimum atomic E-state index is -0.156. The molecule has 0 aliphatic heterocycles. The lowest BCUT2D eigenvalue weighted by Gasteiger charge is -2.10. The number of amides is 1. The van der Waals surface area contributed by atoms with Gasteiger partial charge in [0.2, 0.25) is 5.13 Å². The quantitative estimate of drug-likeness (QED) is 0.737. The molecule has 1 aromatic carbocycles. The van der Waals surface area contributed by atoms with E-state index in [1.54, 1.807) is 7.11 Å². The summed E-state index contributed by atoms with van der Waals surface area (Å²) < 4.78 is 7.27. The SMILES string of the molecule is COc1ccc(-n2c(C)cc(C(=O)Nc3nnc(C4CC4)s3)c2C)cc1. The van der Waals surface area contributed by atoms with Crippen molar-refractivity contribution >= 4 is 22.4 Å². The molecule has 0 unspecified atom stereocenters. The molecule has 1 aliphatic carbocycles. The van der Waals surface area contributed by atoms with Gasteiger partial charge in [-0.2, -0.15) is 0 Å². The van der Waals surface area contributed by atoms with E-state index >= 15 is 0 Å². The summed E-state index contributed by atoms with van der Waals surface area (Å²) >= 11 is 1.47. The van der Waals surface area contributed by atoms with Crippen LogP contribution in [0.3, 0.4) is 0 Å². The van der Waals surface area contributed by atoms with Crippen molar-refractivity contribution in [3.05, 3.63) is 52.3 Å². The fraction of sp³-hybridized carbons (Fsp3) is 0.316. The molecule has 134 valence electrons. The van der Waals surface area contributed by atoms with Gasteiger partial charge in [-0.05, 0) is 57.0 Å². The number of carbonyl (C=O) groups excluding carboxylic acids is 1. The summed E-state index contributed by atoms with van der Waals surface area (Å²) in [5.74, 6) is 1.19. The largest absolute Gasteiger partial charge is 0.497 e. The Balaban J connectivity index is 1.58. The lowest BCUT2D eigenvalue weighted by atomic mass is 10.2. The first-order valence-corrected chi connectivity index (χ1v) is 9.36. The Morgan fingerprint density at radius 3 is 2.62 bits per heavy atom. The minimum Gasteiger partial charge on any atom is -0.497 e. The molecule has 1 saturated carbocycles. The molecule has 1 fully saturated rings. The smallest absolute Gasteiger partial charge is 0.259 e. The van der Waals surface area contributed by atoms with E-state index in [-0.39, 0.29) is 5.91 Å². The maximum Gasteiger partial charge on any atom is 0.259 e. The number of benzene rings is 1. The summed E-state index contributed by atoms with van der Waals surface area (Å²) in [6.07, 6.45) is 2.34. The van der Waals surface area contributed by atoms with Crippen molar-refractivity contribution in [1.82, 2.24) is 14.8 Å². The second kappa shape index (κ2) is 6.57. The molecular weight excluding hydrogens is 348 g/mol. The fourth-order valence-corrected chi connectivity index (χ4v) is 3.97. The first-order chi connectivity index (χ1) is 12.6. The van der Waals surface area contributed by atoms with Crippen LogP contribution in [0.2, 0.25) is 0 Å². The number of aromatic nitrogens is 3. The van der Waals surface area contributed by atoms with E-state index in [4.69, 9.17) is 4.74 Å². The van der Waals surface area contributed by atoms with Gasteiger partial charge in [-0.25, -0.2) is 0 Å². The molecule has 1 N–H and O–H groups in total. The van der Waals surface area contributed by atoms with Gasteiger partial charge < -0.3 is 9.30 Å². The number of ether oxygens (including phenoxy) is 1. The molecule has 0 atom stereocenters. The molecule has 0 spiro atoms. The minimum absolute atomic E-state index is 0.156. The number of aryl methyl sites for hydroxylation is 1. The number of carbonyl (C=O) groups is 1. The molecule has 0 radical (unpaired) electrons. The van der Waals surface area contributed by atoms with E-state index in [1.807, 2.05) is 44.2 Å². The normalized spacial score (nSPS) is 13.7. The molecule has 0 saturated heterocycles. The Morgan fingerprint density at radius 2 is 1.96 bits per heavy atom. The van der Waals surface area contributed by atoms with E-state index in [0.717, 1.165) is 27.8 Å². The third-order valence-corrected chi connectivity index (χ3v) is 5.60. The molecule has 1 amide bonds. The van der Waals surface area contributed by atoms with Gasteiger partial charge in [-0.1, -0.05) is 11.3 Å². The molecule has 0 bridgehead atoms. The third-order valence-electron chi connectivity index (χ3n) is 4.59. The number of nitrogens with one attached hydrogen (secondary N) is 1. The van der Waals surface area contributed by atoms with Crippen LogP contribution in [0, 0.1) is 13.8 Å². The maximum atomic E-state index is 12.7. The van der Waals surface area contributed by atoms with E-state index in [9.17, 15) is 4.79 Å². The van der Waals surface area contributed by atoms with Crippen molar-refractivity contribution in [2.75, 3.05) is 12.4 Å². The van der Waals surface area contributed by atoms with Gasteiger partial charge in [0, 0.05) is 23.0 Å². The van der Waals surface area contributed by atoms with Crippen LogP contribution in [0.15, 0.2) is 30.3 Å². The molecule has 3 aromatic rings. The van der Waals surface area contributed by atoms with Gasteiger partial charge in [0.25, 0.3) is 5.91 Å². The topological polar surface area (TPSA) is 69.0 Å². The van der Waals surface area contributed by atoms with E-state index in [2.05, 4.69) is 20.1 Å². The van der Waals surface area contributed by atoms with Gasteiger partial charge in [0.15, 0.2) is 0 Å². The van der Waals surface area contributed by atoms with E-state index in [0.29, 0.717) is 16.6 Å². The Hall–Kier alpha value is -2.67. The van der Waals surface area contributed by atoms with E-state index in [1.165, 1.54) is 24.2 Å². The molecule has 26 heavy (non-hydrogen) atoms. The van der Waals surface area contributed by atoms with Crippen LogP contribution >= 0.6 is 11.3 Å². The van der Waals surface area contributed by atoms with Gasteiger partial charge in [-0.3, -0.25) is 10.1 Å². The zero-order valence-electron chi connectivity index (χ0n) is 14.9. The van der Waals surface area contributed by atoms with Gasteiger partial charge >= 0.3 is 0 Å². The first kappa shape index (κ1) is 16.8. The summed E-state index contributed by atoms with van der Waals surface area (Å²) in [4.78, 5) is 12.7. The van der Waals surface area contributed by atoms with Crippen molar-refractivity contribution < 1.29 is 9.53 Å². The van der Waals surface area contributed by atoms with Crippen LogP contribution in [-0.4, -0.2) is 27.8 Å². The summed E-state index contributed by atoms with van der Waals surface area (Å²) in [5, 5.41) is 12.7. The summed E-state index contributed by atoms with van der Waals surface area (Å²) in [5.41, 5.74) is 3.51. The molecule has 1 aliphatic rings. The van der Waals surface area contributed by atoms with Crippen molar-refractivity contribution in [3.8, 4) is 11.4 Å². The van der Waals surface area contributed by atoms with Crippen LogP contribution in [0.1, 0.15) is 45.5 Å². The number of hydrogen-bond donors (Lipinski definition) is 1. The number of methoxy groups -OCH3 is 1. The van der Waals surface area contributed by atoms with Crippen molar-refractivity contribution in [2.24, 2.45) is 0 Å². The maximum absolute atomic E-state index is 12.7. The number of anilines is 1. The molecular formula is C19H20N4O2S. The van der Waals surface area contributed by atoms with Gasteiger partial charge in [0.05, 0.1) is 12.7 Å². The first-order valence-electron chi connectivity index (χ1n) is 8.55. The Kier molecular flexibility index (Phi) is 4.24. The summed E-state index contributed by atoms with van der Waals surface area (Å²) in [7, 11) is 1.64. The second-order valence-electron chi connectivity index (χ2n) is 6.49. The number of rotatable bonds is 5. The highest BCUT2D eigenvalue weighted by Gasteiger charge is 2.28. The Labute approximate surface area is 155 Å². The summed E-state index contributed by atoms with van der Waals surface area (Å²) in [6.45, 7) is 3.94.